The number of hydrogen-bond acceptors (Lipinski definition) is 4. The van der Waals surface area contributed by atoms with Crippen molar-refractivity contribution in [2.75, 3.05) is 24.4 Å². The topological polar surface area (TPSA) is 84.5 Å². The first kappa shape index (κ1) is 15.3. The Labute approximate surface area is 120 Å². The summed E-state index contributed by atoms with van der Waals surface area (Å²) in [7, 11) is -1.81. The molecule has 0 bridgehead atoms. The van der Waals surface area contributed by atoms with E-state index in [9.17, 15) is 8.42 Å². The fraction of sp³-hybridized carbons (Fsp3) is 0.750. The van der Waals surface area contributed by atoms with Crippen molar-refractivity contribution < 1.29 is 8.42 Å². The Hall–Kier alpha value is -1.12. The predicted molar refractivity (Wildman–Crippen MR) is 78.7 cm³/mol. The Morgan fingerprint density at radius 1 is 1.50 bits per heavy atom. The largest absolute Gasteiger partial charge is 0.304 e. The van der Waals surface area contributed by atoms with Crippen LogP contribution in [0.5, 0.6) is 0 Å². The van der Waals surface area contributed by atoms with Crippen LogP contribution in [0.3, 0.4) is 0 Å². The average molecular weight is 301 g/mol. The highest BCUT2D eigenvalue weighted by atomic mass is 32.2. The summed E-state index contributed by atoms with van der Waals surface area (Å²) in [5.74, 6) is 0. The van der Waals surface area contributed by atoms with Gasteiger partial charge in [-0.15, -0.1) is 0 Å². The fourth-order valence-corrected chi connectivity index (χ4v) is 3.60. The quantitative estimate of drug-likeness (QED) is 0.881. The summed E-state index contributed by atoms with van der Waals surface area (Å²) in [5, 5.41) is 9.62. The second-order valence-corrected chi connectivity index (χ2v) is 7.09. The Morgan fingerprint density at radius 3 is 2.70 bits per heavy atom. The monoisotopic (exact) mass is 301 g/mol. The van der Waals surface area contributed by atoms with Gasteiger partial charge >= 0.3 is 0 Å². The zero-order valence-electron chi connectivity index (χ0n) is 12.2. The van der Waals surface area contributed by atoms with Gasteiger partial charge in [-0.2, -0.15) is 13.5 Å². The number of nitrogens with zero attached hydrogens (tertiary/aromatic N) is 4. The number of likely N-dealkylation sites (N-methyl/N-ethyl adjacent to an activating group) is 1. The number of anilines is 1. The molecule has 8 heteroatoms. The van der Waals surface area contributed by atoms with E-state index in [2.05, 4.69) is 10.00 Å². The van der Waals surface area contributed by atoms with Gasteiger partial charge < -0.3 is 4.90 Å². The SMILES string of the molecule is CC(C)n1cc(N([C@@H]2CCCN(C)C2)S(N)(=O)=O)cn1. The van der Waals surface area contributed by atoms with Crippen molar-refractivity contribution in [1.29, 1.82) is 0 Å². The van der Waals surface area contributed by atoms with E-state index >= 15 is 0 Å². The van der Waals surface area contributed by atoms with Gasteiger partial charge in [0.25, 0.3) is 10.2 Å². The van der Waals surface area contributed by atoms with Crippen LogP contribution >= 0.6 is 0 Å². The molecule has 0 aromatic carbocycles. The van der Waals surface area contributed by atoms with E-state index in [1.807, 2.05) is 20.9 Å². The maximum atomic E-state index is 12.0. The molecule has 114 valence electrons. The summed E-state index contributed by atoms with van der Waals surface area (Å²) >= 11 is 0. The van der Waals surface area contributed by atoms with Crippen molar-refractivity contribution in [3.63, 3.8) is 0 Å². The molecule has 0 amide bonds. The predicted octanol–water partition coefficient (Wildman–Crippen LogP) is 0.568. The van der Waals surface area contributed by atoms with E-state index in [1.54, 1.807) is 17.1 Å². The molecular weight excluding hydrogens is 278 g/mol. The molecule has 1 aliphatic rings. The molecule has 1 saturated heterocycles. The van der Waals surface area contributed by atoms with Crippen LogP contribution < -0.4 is 9.44 Å². The maximum Gasteiger partial charge on any atom is 0.299 e. The molecule has 0 radical (unpaired) electrons. The van der Waals surface area contributed by atoms with Crippen LogP contribution in [-0.2, 0) is 10.2 Å². The van der Waals surface area contributed by atoms with Crippen molar-refractivity contribution in [2.45, 2.75) is 38.8 Å². The van der Waals surface area contributed by atoms with Crippen LogP contribution in [-0.4, -0.2) is 49.3 Å². The molecule has 1 atom stereocenters. The number of likely N-dealkylation sites (tertiary alicyclic amines) is 1. The van der Waals surface area contributed by atoms with E-state index in [4.69, 9.17) is 5.14 Å². The Kier molecular flexibility index (Phi) is 4.36. The minimum absolute atomic E-state index is 0.131. The minimum atomic E-state index is -3.80. The van der Waals surface area contributed by atoms with Crippen molar-refractivity contribution >= 4 is 15.9 Å². The average Bonchev–Trinajstić information content (AvgIpc) is 2.76. The Balaban J connectivity index is 2.32. The van der Waals surface area contributed by atoms with Crippen LogP contribution in [0.25, 0.3) is 0 Å². The van der Waals surface area contributed by atoms with Gasteiger partial charge in [-0.05, 0) is 40.3 Å². The lowest BCUT2D eigenvalue weighted by Gasteiger charge is -2.36. The smallest absolute Gasteiger partial charge is 0.299 e. The van der Waals surface area contributed by atoms with Gasteiger partial charge in [0.2, 0.25) is 0 Å². The summed E-state index contributed by atoms with van der Waals surface area (Å²) in [6.07, 6.45) is 5.09. The molecule has 7 nitrogen and oxygen atoms in total. The molecule has 0 aliphatic carbocycles. The van der Waals surface area contributed by atoms with Gasteiger partial charge in [0, 0.05) is 18.8 Å². The van der Waals surface area contributed by atoms with Crippen LogP contribution in [0, 0.1) is 0 Å². The van der Waals surface area contributed by atoms with Crippen molar-refractivity contribution in [3.8, 4) is 0 Å². The van der Waals surface area contributed by atoms with Crippen LogP contribution in [0.4, 0.5) is 5.69 Å². The van der Waals surface area contributed by atoms with E-state index < -0.39 is 10.2 Å². The van der Waals surface area contributed by atoms with E-state index in [-0.39, 0.29) is 12.1 Å². The van der Waals surface area contributed by atoms with Gasteiger partial charge in [0.1, 0.15) is 0 Å². The van der Waals surface area contributed by atoms with Crippen LogP contribution in [0.15, 0.2) is 12.4 Å². The summed E-state index contributed by atoms with van der Waals surface area (Å²) in [6, 6.07) is 0.0497. The summed E-state index contributed by atoms with van der Waals surface area (Å²) in [4.78, 5) is 2.12. The standard InChI is InChI=1S/C12H23N5O2S/c1-10(2)16-9-12(7-14-16)17(20(13,18)19)11-5-4-6-15(3)8-11/h7,9-11H,4-6,8H2,1-3H3,(H2,13,18,19)/t11-/m1/s1. The molecule has 0 spiro atoms. The summed E-state index contributed by atoms with van der Waals surface area (Å²) < 4.78 is 27.0. The molecule has 1 aromatic rings. The Morgan fingerprint density at radius 2 is 2.20 bits per heavy atom. The van der Waals surface area contributed by atoms with E-state index in [0.29, 0.717) is 12.2 Å². The highest BCUT2D eigenvalue weighted by molar-refractivity contribution is 7.90. The molecule has 1 aromatic heterocycles. The number of hydrogen-bond donors (Lipinski definition) is 1. The van der Waals surface area contributed by atoms with Crippen LogP contribution in [0.2, 0.25) is 0 Å². The summed E-state index contributed by atoms with van der Waals surface area (Å²) in [5.41, 5.74) is 0.543. The van der Waals surface area contributed by atoms with E-state index in [0.717, 1.165) is 19.4 Å². The molecule has 20 heavy (non-hydrogen) atoms. The zero-order valence-corrected chi connectivity index (χ0v) is 13.0. The lowest BCUT2D eigenvalue weighted by atomic mass is 10.1. The third kappa shape index (κ3) is 3.31. The van der Waals surface area contributed by atoms with Gasteiger partial charge in [-0.3, -0.25) is 8.99 Å². The maximum absolute atomic E-state index is 12.0. The van der Waals surface area contributed by atoms with Crippen molar-refractivity contribution in [3.05, 3.63) is 12.4 Å². The fourth-order valence-electron chi connectivity index (χ4n) is 2.62. The Bertz CT molecular complexity index is 554. The first-order valence-electron chi connectivity index (χ1n) is 6.84. The normalized spacial score (nSPS) is 21.4. The molecule has 2 heterocycles. The van der Waals surface area contributed by atoms with Crippen molar-refractivity contribution in [1.82, 2.24) is 14.7 Å². The molecule has 0 unspecified atom stereocenters. The molecular formula is C12H23N5O2S. The van der Waals surface area contributed by atoms with Gasteiger partial charge in [0.05, 0.1) is 17.9 Å². The lowest BCUT2D eigenvalue weighted by molar-refractivity contribution is 0.253. The third-order valence-electron chi connectivity index (χ3n) is 3.58. The zero-order chi connectivity index (χ0) is 14.9. The second kappa shape index (κ2) is 5.71. The number of nitrogens with two attached hydrogens (primary N) is 1. The highest BCUT2D eigenvalue weighted by Crippen LogP contribution is 2.25. The second-order valence-electron chi connectivity index (χ2n) is 5.67. The number of rotatable bonds is 4. The first-order chi connectivity index (χ1) is 9.29. The van der Waals surface area contributed by atoms with Gasteiger partial charge in [0.15, 0.2) is 0 Å². The summed E-state index contributed by atoms with van der Waals surface area (Å²) in [6.45, 7) is 5.66. The number of aromatic nitrogens is 2. The molecule has 0 saturated carbocycles. The van der Waals surface area contributed by atoms with Gasteiger partial charge in [-0.1, -0.05) is 0 Å². The van der Waals surface area contributed by atoms with Gasteiger partial charge in [-0.25, -0.2) is 5.14 Å². The molecule has 1 fully saturated rings. The molecule has 2 rings (SSSR count). The number of piperidine rings is 1. The molecule has 1 aliphatic heterocycles. The third-order valence-corrected chi connectivity index (χ3v) is 4.63. The minimum Gasteiger partial charge on any atom is -0.304 e. The lowest BCUT2D eigenvalue weighted by Crippen LogP contribution is -2.51. The van der Waals surface area contributed by atoms with Crippen molar-refractivity contribution in [2.24, 2.45) is 5.14 Å². The molecule has 2 N–H and O–H groups in total. The van der Waals surface area contributed by atoms with Crippen LogP contribution in [0.1, 0.15) is 32.7 Å². The van der Waals surface area contributed by atoms with E-state index in [1.165, 1.54) is 4.31 Å². The first-order valence-corrected chi connectivity index (χ1v) is 8.34. The highest BCUT2D eigenvalue weighted by Gasteiger charge is 2.31.